The summed E-state index contributed by atoms with van der Waals surface area (Å²) in [5.74, 6) is 0.525. The molecule has 4 aromatic rings. The third-order valence-corrected chi connectivity index (χ3v) is 6.39. The summed E-state index contributed by atoms with van der Waals surface area (Å²) in [7, 11) is 1.64. The number of rotatable bonds is 4. The van der Waals surface area contributed by atoms with Crippen LogP contribution in [0.25, 0.3) is 16.2 Å². The van der Waals surface area contributed by atoms with Crippen molar-refractivity contribution < 1.29 is 13.9 Å². The van der Waals surface area contributed by atoms with Gasteiger partial charge in [0, 0.05) is 49.0 Å². The molecule has 31 heavy (non-hydrogen) atoms. The molecule has 0 radical (unpaired) electrons. The number of carbonyl (C=O) groups excluding carboxylic acids is 1. The fourth-order valence-corrected chi connectivity index (χ4v) is 4.69. The number of carbonyl (C=O) groups is 1. The van der Waals surface area contributed by atoms with Gasteiger partial charge in [-0.25, -0.2) is 9.37 Å². The lowest BCUT2D eigenvalue weighted by Gasteiger charge is -2.36. The van der Waals surface area contributed by atoms with Gasteiger partial charge in [0.2, 0.25) is 0 Å². The molecule has 1 saturated heterocycles. The molecule has 0 bridgehead atoms. The molecule has 1 amide bonds. The van der Waals surface area contributed by atoms with Gasteiger partial charge >= 0.3 is 0 Å². The van der Waals surface area contributed by atoms with Crippen molar-refractivity contribution in [3.8, 4) is 17.0 Å². The van der Waals surface area contributed by atoms with Gasteiger partial charge in [-0.3, -0.25) is 9.20 Å². The summed E-state index contributed by atoms with van der Waals surface area (Å²) >= 11 is 1.46. The predicted molar refractivity (Wildman–Crippen MR) is 120 cm³/mol. The molecule has 8 heteroatoms. The molecule has 0 atom stereocenters. The van der Waals surface area contributed by atoms with E-state index in [2.05, 4.69) is 9.88 Å². The second kappa shape index (κ2) is 8.03. The van der Waals surface area contributed by atoms with Crippen molar-refractivity contribution in [2.45, 2.75) is 0 Å². The second-order valence-electron chi connectivity index (χ2n) is 7.39. The zero-order chi connectivity index (χ0) is 21.4. The van der Waals surface area contributed by atoms with Gasteiger partial charge in [-0.1, -0.05) is 12.1 Å². The fraction of sp³-hybridized carbons (Fsp3) is 0.217. The van der Waals surface area contributed by atoms with E-state index in [1.165, 1.54) is 23.5 Å². The standard InChI is InChI=1S/C23H21FN4O2S/c1-30-19-4-2-3-16(13-19)20-14-28-21(15-31-23(28)25-20)22(29)27-11-9-26(10-12-27)18-7-5-17(24)6-8-18/h2-8,13-15H,9-12H2,1H3. The van der Waals surface area contributed by atoms with Crippen LogP contribution in [0.1, 0.15) is 10.5 Å². The molecule has 0 N–H and O–H groups in total. The summed E-state index contributed by atoms with van der Waals surface area (Å²) in [6.45, 7) is 2.66. The smallest absolute Gasteiger partial charge is 0.271 e. The molecule has 1 aliphatic heterocycles. The highest BCUT2D eigenvalue weighted by atomic mass is 32.1. The van der Waals surface area contributed by atoms with E-state index >= 15 is 0 Å². The van der Waals surface area contributed by atoms with E-state index in [0.717, 1.165) is 27.7 Å². The van der Waals surface area contributed by atoms with Crippen molar-refractivity contribution in [3.63, 3.8) is 0 Å². The average Bonchev–Trinajstić information content (AvgIpc) is 3.40. The Labute approximate surface area is 183 Å². The zero-order valence-corrected chi connectivity index (χ0v) is 17.8. The molecule has 2 aromatic heterocycles. The first-order chi connectivity index (χ1) is 15.1. The first-order valence-corrected chi connectivity index (χ1v) is 10.9. The third kappa shape index (κ3) is 3.74. The van der Waals surface area contributed by atoms with Crippen LogP contribution in [0, 0.1) is 5.82 Å². The van der Waals surface area contributed by atoms with Crippen LogP contribution in [0.2, 0.25) is 0 Å². The number of imidazole rings is 1. The molecular weight excluding hydrogens is 415 g/mol. The van der Waals surface area contributed by atoms with Gasteiger partial charge in [-0.2, -0.15) is 0 Å². The average molecular weight is 437 g/mol. The number of hydrogen-bond donors (Lipinski definition) is 0. The minimum atomic E-state index is -0.243. The molecule has 1 fully saturated rings. The van der Waals surface area contributed by atoms with Crippen molar-refractivity contribution in [3.05, 3.63) is 71.6 Å². The highest BCUT2D eigenvalue weighted by molar-refractivity contribution is 7.15. The van der Waals surface area contributed by atoms with Crippen LogP contribution in [-0.4, -0.2) is 53.5 Å². The van der Waals surface area contributed by atoms with E-state index in [0.29, 0.717) is 31.9 Å². The van der Waals surface area contributed by atoms with Crippen LogP contribution in [0.5, 0.6) is 5.75 Å². The maximum atomic E-state index is 13.2. The molecular formula is C23H21FN4O2S. The Morgan fingerprint density at radius 3 is 2.61 bits per heavy atom. The highest BCUT2D eigenvalue weighted by Crippen LogP contribution is 2.27. The number of hydrogen-bond acceptors (Lipinski definition) is 5. The maximum absolute atomic E-state index is 13.2. The number of amides is 1. The van der Waals surface area contributed by atoms with E-state index in [9.17, 15) is 9.18 Å². The number of fused-ring (bicyclic) bond motifs is 1. The number of methoxy groups -OCH3 is 1. The minimum Gasteiger partial charge on any atom is -0.497 e. The van der Waals surface area contributed by atoms with Crippen molar-refractivity contribution in [2.24, 2.45) is 0 Å². The third-order valence-electron chi connectivity index (χ3n) is 5.55. The van der Waals surface area contributed by atoms with Crippen molar-refractivity contribution in [2.75, 3.05) is 38.2 Å². The number of thiazole rings is 1. The number of nitrogens with zero attached hydrogens (tertiary/aromatic N) is 4. The van der Waals surface area contributed by atoms with Crippen LogP contribution < -0.4 is 9.64 Å². The predicted octanol–water partition coefficient (Wildman–Crippen LogP) is 4.17. The molecule has 5 rings (SSSR count). The quantitative estimate of drug-likeness (QED) is 0.482. The van der Waals surface area contributed by atoms with Crippen LogP contribution in [0.15, 0.2) is 60.1 Å². The summed E-state index contributed by atoms with van der Waals surface area (Å²) in [5, 5.41) is 1.87. The summed E-state index contributed by atoms with van der Waals surface area (Å²) in [6, 6.07) is 14.2. The van der Waals surface area contributed by atoms with Gasteiger partial charge < -0.3 is 14.5 Å². The van der Waals surface area contributed by atoms with Crippen LogP contribution in [0.4, 0.5) is 10.1 Å². The number of halogens is 1. The zero-order valence-electron chi connectivity index (χ0n) is 17.0. The van der Waals surface area contributed by atoms with Gasteiger partial charge in [0.1, 0.15) is 17.3 Å². The monoisotopic (exact) mass is 436 g/mol. The molecule has 0 spiro atoms. The lowest BCUT2D eigenvalue weighted by Crippen LogP contribution is -2.49. The molecule has 158 valence electrons. The Hall–Kier alpha value is -3.39. The Bertz CT molecular complexity index is 1230. The van der Waals surface area contributed by atoms with E-state index in [4.69, 9.17) is 4.74 Å². The van der Waals surface area contributed by atoms with Crippen LogP contribution >= 0.6 is 11.3 Å². The minimum absolute atomic E-state index is 0.000372. The number of piperazine rings is 1. The Morgan fingerprint density at radius 2 is 1.87 bits per heavy atom. The van der Waals surface area contributed by atoms with Gasteiger partial charge in [0.25, 0.3) is 5.91 Å². The van der Waals surface area contributed by atoms with E-state index in [1.54, 1.807) is 19.2 Å². The molecule has 0 saturated carbocycles. The first-order valence-electron chi connectivity index (χ1n) is 10.0. The number of ether oxygens (including phenoxy) is 1. The van der Waals surface area contributed by atoms with Gasteiger partial charge in [-0.05, 0) is 36.4 Å². The Balaban J connectivity index is 1.33. The highest BCUT2D eigenvalue weighted by Gasteiger charge is 2.25. The van der Waals surface area contributed by atoms with E-state index in [-0.39, 0.29) is 11.7 Å². The lowest BCUT2D eigenvalue weighted by molar-refractivity contribution is 0.0740. The summed E-state index contributed by atoms with van der Waals surface area (Å²) in [4.78, 5) is 22.7. The maximum Gasteiger partial charge on any atom is 0.271 e. The van der Waals surface area contributed by atoms with Gasteiger partial charge in [-0.15, -0.1) is 11.3 Å². The Kier molecular flexibility index (Phi) is 5.07. The van der Waals surface area contributed by atoms with E-state index in [1.807, 2.05) is 45.1 Å². The second-order valence-corrected chi connectivity index (χ2v) is 8.22. The normalized spacial score (nSPS) is 14.3. The molecule has 6 nitrogen and oxygen atoms in total. The van der Waals surface area contributed by atoms with Crippen molar-refractivity contribution in [1.82, 2.24) is 14.3 Å². The number of aromatic nitrogens is 2. The lowest BCUT2D eigenvalue weighted by atomic mass is 10.1. The summed E-state index contributed by atoms with van der Waals surface area (Å²) < 4.78 is 20.3. The molecule has 2 aromatic carbocycles. The fourth-order valence-electron chi connectivity index (χ4n) is 3.84. The molecule has 0 unspecified atom stereocenters. The Morgan fingerprint density at radius 1 is 1.10 bits per heavy atom. The van der Waals surface area contributed by atoms with Crippen molar-refractivity contribution in [1.29, 1.82) is 0 Å². The van der Waals surface area contributed by atoms with E-state index < -0.39 is 0 Å². The molecule has 0 aliphatic carbocycles. The summed E-state index contributed by atoms with van der Waals surface area (Å²) in [5.41, 5.74) is 3.35. The van der Waals surface area contributed by atoms with Crippen LogP contribution in [-0.2, 0) is 0 Å². The largest absolute Gasteiger partial charge is 0.497 e. The number of anilines is 1. The van der Waals surface area contributed by atoms with Crippen molar-refractivity contribution >= 4 is 27.9 Å². The van der Waals surface area contributed by atoms with Gasteiger partial charge in [0.15, 0.2) is 4.96 Å². The SMILES string of the molecule is COc1cccc(-c2cn3c(C(=O)N4CCN(c5ccc(F)cc5)CC4)csc3n2)c1. The summed E-state index contributed by atoms with van der Waals surface area (Å²) in [6.07, 6.45) is 1.91. The van der Waals surface area contributed by atoms with Crippen LogP contribution in [0.3, 0.4) is 0 Å². The van der Waals surface area contributed by atoms with Gasteiger partial charge in [0.05, 0.1) is 12.8 Å². The number of benzene rings is 2. The first kappa shape index (κ1) is 19.6. The topological polar surface area (TPSA) is 50.1 Å². The molecule has 3 heterocycles. The molecule has 1 aliphatic rings.